The van der Waals surface area contributed by atoms with Crippen molar-refractivity contribution in [1.29, 1.82) is 0 Å². The van der Waals surface area contributed by atoms with E-state index in [2.05, 4.69) is 5.32 Å². The van der Waals surface area contributed by atoms with Crippen LogP contribution >= 0.6 is 12.4 Å². The van der Waals surface area contributed by atoms with Crippen LogP contribution in [0.1, 0.15) is 20.3 Å². The van der Waals surface area contributed by atoms with Crippen molar-refractivity contribution in [2.75, 3.05) is 11.1 Å². The number of nitrogens with one attached hydrogen (secondary N) is 1. The maximum atomic E-state index is 11.3. The van der Waals surface area contributed by atoms with Gasteiger partial charge < -0.3 is 10.5 Å². The summed E-state index contributed by atoms with van der Waals surface area (Å²) in [4.78, 5) is 11.3. The molecule has 0 saturated heterocycles. The van der Waals surface area contributed by atoms with Gasteiger partial charge in [-0.1, -0.05) is 6.92 Å². The third kappa shape index (κ3) is 4.89. The van der Waals surface area contributed by atoms with Gasteiger partial charge in [0.2, 0.25) is 0 Å². The number of ether oxygens (including phenoxy) is 1. The molecule has 0 aliphatic heterocycles. The Morgan fingerprint density at radius 3 is 2.50 bits per heavy atom. The lowest BCUT2D eigenvalue weighted by Crippen LogP contribution is -2.19. The molecule has 4 nitrogen and oxygen atoms in total. The SMILES string of the molecule is CCC(C)OC(=O)Nc1ccc(N)cc1.Cl. The number of hydrogen-bond donors (Lipinski definition) is 2. The molecule has 1 unspecified atom stereocenters. The molecular formula is C11H17ClN2O2. The summed E-state index contributed by atoms with van der Waals surface area (Å²) in [6, 6.07) is 6.90. The van der Waals surface area contributed by atoms with Crippen LogP contribution < -0.4 is 11.1 Å². The first-order valence-corrected chi connectivity index (χ1v) is 4.95. The lowest BCUT2D eigenvalue weighted by molar-refractivity contribution is 0.118. The minimum Gasteiger partial charge on any atom is -0.446 e. The first-order chi connectivity index (χ1) is 7.11. The molecule has 0 radical (unpaired) electrons. The predicted molar refractivity (Wildman–Crippen MR) is 68.0 cm³/mol. The second-order valence-corrected chi connectivity index (χ2v) is 3.37. The van der Waals surface area contributed by atoms with Gasteiger partial charge in [-0.2, -0.15) is 0 Å². The van der Waals surface area contributed by atoms with Crippen molar-refractivity contribution in [3.8, 4) is 0 Å². The van der Waals surface area contributed by atoms with E-state index in [1.165, 1.54) is 0 Å². The molecule has 0 aliphatic carbocycles. The average Bonchev–Trinajstić information content (AvgIpc) is 2.21. The van der Waals surface area contributed by atoms with Gasteiger partial charge in [0.15, 0.2) is 0 Å². The van der Waals surface area contributed by atoms with Crippen molar-refractivity contribution >= 4 is 29.9 Å². The Labute approximate surface area is 102 Å². The van der Waals surface area contributed by atoms with Crippen LogP contribution in [-0.2, 0) is 4.74 Å². The standard InChI is InChI=1S/C11H16N2O2.ClH/c1-3-8(2)15-11(14)13-10-6-4-9(12)5-7-10;/h4-8H,3,12H2,1-2H3,(H,13,14);1H. The Morgan fingerprint density at radius 1 is 1.44 bits per heavy atom. The first kappa shape index (κ1) is 14.6. The van der Waals surface area contributed by atoms with Gasteiger partial charge in [-0.3, -0.25) is 5.32 Å². The minimum absolute atomic E-state index is 0. The number of amides is 1. The summed E-state index contributed by atoms with van der Waals surface area (Å²) in [5.74, 6) is 0. The molecule has 0 aliphatic rings. The van der Waals surface area contributed by atoms with Crippen molar-refractivity contribution < 1.29 is 9.53 Å². The zero-order valence-corrected chi connectivity index (χ0v) is 10.2. The third-order valence-corrected chi connectivity index (χ3v) is 2.04. The van der Waals surface area contributed by atoms with Crippen LogP contribution in [0.2, 0.25) is 0 Å². The van der Waals surface area contributed by atoms with Crippen LogP contribution in [-0.4, -0.2) is 12.2 Å². The number of halogens is 1. The van der Waals surface area contributed by atoms with E-state index in [1.54, 1.807) is 24.3 Å². The number of hydrogen-bond acceptors (Lipinski definition) is 3. The fraction of sp³-hybridized carbons (Fsp3) is 0.364. The zero-order chi connectivity index (χ0) is 11.3. The van der Waals surface area contributed by atoms with Gasteiger partial charge in [-0.05, 0) is 37.6 Å². The summed E-state index contributed by atoms with van der Waals surface area (Å²) < 4.78 is 5.05. The van der Waals surface area contributed by atoms with Crippen molar-refractivity contribution in [3.05, 3.63) is 24.3 Å². The molecule has 3 N–H and O–H groups in total. The number of nitrogen functional groups attached to an aromatic ring is 1. The second-order valence-electron chi connectivity index (χ2n) is 3.37. The molecule has 1 rings (SSSR count). The van der Waals surface area contributed by atoms with E-state index in [4.69, 9.17) is 10.5 Å². The molecule has 0 heterocycles. The Morgan fingerprint density at radius 2 is 2.00 bits per heavy atom. The monoisotopic (exact) mass is 244 g/mol. The molecule has 90 valence electrons. The van der Waals surface area contributed by atoms with Gasteiger partial charge in [0.25, 0.3) is 0 Å². The summed E-state index contributed by atoms with van der Waals surface area (Å²) >= 11 is 0. The van der Waals surface area contributed by atoms with Gasteiger partial charge in [0, 0.05) is 11.4 Å². The van der Waals surface area contributed by atoms with Gasteiger partial charge in [0.1, 0.15) is 6.10 Å². The van der Waals surface area contributed by atoms with Gasteiger partial charge in [-0.25, -0.2) is 4.79 Å². The van der Waals surface area contributed by atoms with Crippen LogP contribution in [0.3, 0.4) is 0 Å². The number of carbonyl (C=O) groups is 1. The number of rotatable bonds is 3. The van der Waals surface area contributed by atoms with Crippen molar-refractivity contribution in [2.24, 2.45) is 0 Å². The average molecular weight is 245 g/mol. The highest BCUT2D eigenvalue weighted by atomic mass is 35.5. The highest BCUT2D eigenvalue weighted by Crippen LogP contribution is 2.11. The maximum absolute atomic E-state index is 11.3. The lowest BCUT2D eigenvalue weighted by atomic mass is 10.3. The molecule has 1 amide bonds. The number of benzene rings is 1. The Bertz CT molecular complexity index is 327. The van der Waals surface area contributed by atoms with Crippen LogP contribution in [0, 0.1) is 0 Å². The molecule has 0 saturated carbocycles. The molecule has 0 aromatic heterocycles. The van der Waals surface area contributed by atoms with Crippen LogP contribution in [0.4, 0.5) is 16.2 Å². The molecule has 1 atom stereocenters. The van der Waals surface area contributed by atoms with Crippen molar-refractivity contribution in [2.45, 2.75) is 26.4 Å². The van der Waals surface area contributed by atoms with E-state index in [9.17, 15) is 4.79 Å². The van der Waals surface area contributed by atoms with E-state index in [-0.39, 0.29) is 18.5 Å². The van der Waals surface area contributed by atoms with Gasteiger partial charge >= 0.3 is 6.09 Å². The smallest absolute Gasteiger partial charge is 0.411 e. The van der Waals surface area contributed by atoms with E-state index >= 15 is 0 Å². The molecule has 16 heavy (non-hydrogen) atoms. The molecule has 0 bridgehead atoms. The second kappa shape index (κ2) is 6.95. The molecule has 1 aromatic rings. The molecule has 0 fully saturated rings. The number of carbonyl (C=O) groups excluding carboxylic acids is 1. The van der Waals surface area contributed by atoms with Crippen molar-refractivity contribution in [1.82, 2.24) is 0 Å². The number of nitrogens with two attached hydrogens (primary N) is 1. The fourth-order valence-corrected chi connectivity index (χ4v) is 0.980. The number of anilines is 2. The fourth-order valence-electron chi connectivity index (χ4n) is 0.980. The van der Waals surface area contributed by atoms with Crippen molar-refractivity contribution in [3.63, 3.8) is 0 Å². The Balaban J connectivity index is 0.00000225. The molecule has 5 heteroatoms. The Hall–Kier alpha value is -1.42. The van der Waals surface area contributed by atoms with E-state index < -0.39 is 6.09 Å². The lowest BCUT2D eigenvalue weighted by Gasteiger charge is -2.11. The Kier molecular flexibility index (Phi) is 6.34. The summed E-state index contributed by atoms with van der Waals surface area (Å²) in [5, 5.41) is 2.62. The summed E-state index contributed by atoms with van der Waals surface area (Å²) in [5.41, 5.74) is 6.86. The summed E-state index contributed by atoms with van der Waals surface area (Å²) in [6.07, 6.45) is 0.294. The normalized spacial score (nSPS) is 11.1. The van der Waals surface area contributed by atoms with Gasteiger partial charge in [0.05, 0.1) is 0 Å². The van der Waals surface area contributed by atoms with Gasteiger partial charge in [-0.15, -0.1) is 12.4 Å². The zero-order valence-electron chi connectivity index (χ0n) is 9.40. The van der Waals surface area contributed by atoms with Crippen LogP contribution in [0.15, 0.2) is 24.3 Å². The van der Waals surface area contributed by atoms with E-state index in [0.717, 1.165) is 6.42 Å². The highest BCUT2D eigenvalue weighted by Gasteiger charge is 2.06. The van der Waals surface area contributed by atoms with E-state index in [0.29, 0.717) is 11.4 Å². The molecule has 1 aromatic carbocycles. The van der Waals surface area contributed by atoms with E-state index in [1.807, 2.05) is 13.8 Å². The molecular weight excluding hydrogens is 228 g/mol. The first-order valence-electron chi connectivity index (χ1n) is 4.95. The molecule has 0 spiro atoms. The third-order valence-electron chi connectivity index (χ3n) is 2.04. The summed E-state index contributed by atoms with van der Waals surface area (Å²) in [6.45, 7) is 3.81. The summed E-state index contributed by atoms with van der Waals surface area (Å²) in [7, 11) is 0. The highest BCUT2D eigenvalue weighted by molar-refractivity contribution is 5.85. The topological polar surface area (TPSA) is 64.3 Å². The maximum Gasteiger partial charge on any atom is 0.411 e. The quantitative estimate of drug-likeness (QED) is 0.804. The van der Waals surface area contributed by atoms with Crippen LogP contribution in [0.5, 0.6) is 0 Å². The largest absolute Gasteiger partial charge is 0.446 e. The predicted octanol–water partition coefficient (Wildman–Crippen LogP) is 3.04. The minimum atomic E-state index is -0.436. The van der Waals surface area contributed by atoms with Crippen LogP contribution in [0.25, 0.3) is 0 Å².